The number of nitrogens with one attached hydrogen (secondary N) is 1. The monoisotopic (exact) mass is 326 g/mol. The summed E-state index contributed by atoms with van der Waals surface area (Å²) in [6.07, 6.45) is 6.28. The number of ether oxygens (including phenoxy) is 1. The lowest BCUT2D eigenvalue weighted by atomic mass is 10.0. The van der Waals surface area contributed by atoms with Crippen molar-refractivity contribution in [2.75, 3.05) is 26.8 Å². The molecule has 2 amide bonds. The number of nitrogens with zero attached hydrogens (tertiary/aromatic N) is 1. The van der Waals surface area contributed by atoms with Crippen molar-refractivity contribution >= 4 is 19.9 Å². The maximum absolute atomic E-state index is 12.6. The van der Waals surface area contributed by atoms with E-state index in [0.717, 1.165) is 18.9 Å². The average molecular weight is 327 g/mol. The fourth-order valence-electron chi connectivity index (χ4n) is 2.34. The Labute approximate surface area is 135 Å². The van der Waals surface area contributed by atoms with Gasteiger partial charge in [-0.25, -0.2) is 0 Å². The van der Waals surface area contributed by atoms with Crippen LogP contribution in [0.25, 0.3) is 0 Å². The molecule has 1 unspecified atom stereocenters. The second-order valence-electron chi connectivity index (χ2n) is 7.03. The standard InChI is InChI=1S/C16H30N2O3Si/c1-21-12-11-18(10-5-6-13-22(2,3)4)16(20)14-8-7-9-15(19)17-14/h5-6,14H,7-13H2,1-4H3,(H,17,19). The number of hydrogen-bond acceptors (Lipinski definition) is 3. The number of amides is 2. The molecule has 1 rings (SSSR count). The molecule has 1 aliphatic rings. The number of rotatable bonds is 8. The van der Waals surface area contributed by atoms with Gasteiger partial charge in [-0.2, -0.15) is 0 Å². The summed E-state index contributed by atoms with van der Waals surface area (Å²) in [5, 5.41) is 2.80. The molecule has 0 aromatic rings. The fourth-order valence-corrected chi connectivity index (χ4v) is 3.22. The van der Waals surface area contributed by atoms with E-state index in [1.165, 1.54) is 0 Å². The summed E-state index contributed by atoms with van der Waals surface area (Å²) < 4.78 is 5.09. The molecule has 126 valence electrons. The lowest BCUT2D eigenvalue weighted by Crippen LogP contribution is -2.51. The van der Waals surface area contributed by atoms with E-state index in [1.54, 1.807) is 12.0 Å². The van der Waals surface area contributed by atoms with E-state index in [4.69, 9.17) is 4.74 Å². The van der Waals surface area contributed by atoms with E-state index < -0.39 is 8.07 Å². The van der Waals surface area contributed by atoms with Crippen LogP contribution in [0.15, 0.2) is 12.2 Å². The second kappa shape index (κ2) is 9.10. The van der Waals surface area contributed by atoms with Gasteiger partial charge in [-0.1, -0.05) is 31.8 Å². The zero-order chi connectivity index (χ0) is 16.6. The number of piperidine rings is 1. The van der Waals surface area contributed by atoms with Gasteiger partial charge in [0.25, 0.3) is 0 Å². The molecule has 22 heavy (non-hydrogen) atoms. The van der Waals surface area contributed by atoms with Crippen LogP contribution in [0.2, 0.25) is 25.7 Å². The van der Waals surface area contributed by atoms with E-state index in [-0.39, 0.29) is 17.9 Å². The molecule has 1 fully saturated rings. The van der Waals surface area contributed by atoms with Crippen LogP contribution in [0.5, 0.6) is 0 Å². The van der Waals surface area contributed by atoms with E-state index in [2.05, 4.69) is 37.1 Å². The summed E-state index contributed by atoms with van der Waals surface area (Å²) in [5.41, 5.74) is 0. The first-order valence-electron chi connectivity index (χ1n) is 8.05. The summed E-state index contributed by atoms with van der Waals surface area (Å²) in [6, 6.07) is 0.739. The number of allylic oxidation sites excluding steroid dienone is 1. The molecular formula is C16H30N2O3Si. The molecule has 1 aliphatic heterocycles. The Morgan fingerprint density at radius 3 is 2.73 bits per heavy atom. The number of methoxy groups -OCH3 is 1. The van der Waals surface area contributed by atoms with Crippen LogP contribution in [-0.4, -0.2) is 57.6 Å². The highest BCUT2D eigenvalue weighted by Gasteiger charge is 2.28. The van der Waals surface area contributed by atoms with Gasteiger partial charge in [0.15, 0.2) is 0 Å². The predicted octanol–water partition coefficient (Wildman–Crippen LogP) is 2.02. The van der Waals surface area contributed by atoms with Crippen molar-refractivity contribution in [1.29, 1.82) is 0 Å². The Hall–Kier alpha value is -1.14. The molecule has 0 radical (unpaired) electrons. The molecule has 0 spiro atoms. The molecule has 1 heterocycles. The normalized spacial score (nSPS) is 19.3. The van der Waals surface area contributed by atoms with E-state index >= 15 is 0 Å². The van der Waals surface area contributed by atoms with Gasteiger partial charge in [-0.3, -0.25) is 9.59 Å². The van der Waals surface area contributed by atoms with Crippen molar-refractivity contribution in [1.82, 2.24) is 10.2 Å². The zero-order valence-electron chi connectivity index (χ0n) is 14.4. The first-order valence-corrected chi connectivity index (χ1v) is 11.8. The molecule has 1 saturated heterocycles. The summed E-state index contributed by atoms with van der Waals surface area (Å²) in [7, 11) is 0.536. The largest absolute Gasteiger partial charge is 0.383 e. The lowest BCUT2D eigenvalue weighted by molar-refractivity contribution is -0.138. The third kappa shape index (κ3) is 7.22. The Balaban J connectivity index is 2.58. The molecule has 0 bridgehead atoms. The predicted molar refractivity (Wildman–Crippen MR) is 91.5 cm³/mol. The van der Waals surface area contributed by atoms with Gasteiger partial charge < -0.3 is 15.0 Å². The number of carbonyl (C=O) groups is 2. The minimum atomic E-state index is -1.10. The fraction of sp³-hybridized carbons (Fsp3) is 0.750. The van der Waals surface area contributed by atoms with Gasteiger partial charge >= 0.3 is 0 Å². The molecule has 0 aromatic carbocycles. The Morgan fingerprint density at radius 2 is 2.14 bits per heavy atom. The van der Waals surface area contributed by atoms with Gasteiger partial charge in [0.2, 0.25) is 11.8 Å². The highest BCUT2D eigenvalue weighted by atomic mass is 28.3. The summed E-state index contributed by atoms with van der Waals surface area (Å²) in [6.45, 7) is 8.61. The summed E-state index contributed by atoms with van der Waals surface area (Å²) in [4.78, 5) is 25.8. The van der Waals surface area contributed by atoms with Gasteiger partial charge in [-0.15, -0.1) is 0 Å². The van der Waals surface area contributed by atoms with Gasteiger partial charge in [-0.05, 0) is 18.9 Å². The van der Waals surface area contributed by atoms with Crippen LogP contribution >= 0.6 is 0 Å². The topological polar surface area (TPSA) is 58.6 Å². The van der Waals surface area contributed by atoms with Gasteiger partial charge in [0.05, 0.1) is 6.61 Å². The minimum absolute atomic E-state index is 0.00255. The average Bonchev–Trinajstić information content (AvgIpc) is 2.45. The highest BCUT2D eigenvalue weighted by Crippen LogP contribution is 2.12. The Morgan fingerprint density at radius 1 is 1.41 bits per heavy atom. The third-order valence-corrected chi connectivity index (χ3v) is 5.09. The Kier molecular flexibility index (Phi) is 7.82. The van der Waals surface area contributed by atoms with Crippen LogP contribution in [0.4, 0.5) is 0 Å². The van der Waals surface area contributed by atoms with Crippen LogP contribution in [0, 0.1) is 0 Å². The second-order valence-corrected chi connectivity index (χ2v) is 12.6. The summed E-state index contributed by atoms with van der Waals surface area (Å²) in [5.74, 6) is -0.0201. The van der Waals surface area contributed by atoms with Crippen molar-refractivity contribution in [3.8, 4) is 0 Å². The highest BCUT2D eigenvalue weighted by molar-refractivity contribution is 6.76. The molecule has 5 nitrogen and oxygen atoms in total. The van der Waals surface area contributed by atoms with Crippen molar-refractivity contribution in [2.45, 2.75) is 51.0 Å². The minimum Gasteiger partial charge on any atom is -0.383 e. The van der Waals surface area contributed by atoms with Gasteiger partial charge in [0.1, 0.15) is 6.04 Å². The maximum atomic E-state index is 12.6. The molecule has 0 aliphatic carbocycles. The third-order valence-electron chi connectivity index (χ3n) is 3.63. The SMILES string of the molecule is COCCN(CC=CC[Si](C)(C)C)C(=O)C1CCCC(=O)N1. The zero-order valence-corrected chi connectivity index (χ0v) is 15.4. The maximum Gasteiger partial charge on any atom is 0.245 e. The lowest BCUT2D eigenvalue weighted by Gasteiger charge is -2.29. The smallest absolute Gasteiger partial charge is 0.245 e. The van der Waals surface area contributed by atoms with Gasteiger partial charge in [0, 0.05) is 34.7 Å². The first kappa shape index (κ1) is 18.9. The molecule has 1 atom stereocenters. The number of hydrogen-bond donors (Lipinski definition) is 1. The van der Waals surface area contributed by atoms with Crippen LogP contribution < -0.4 is 5.32 Å². The van der Waals surface area contributed by atoms with Crippen molar-refractivity contribution in [3.05, 3.63) is 12.2 Å². The Bertz CT molecular complexity index is 405. The quantitative estimate of drug-likeness (QED) is 0.548. The first-order chi connectivity index (χ1) is 10.3. The number of carbonyl (C=O) groups excluding carboxylic acids is 2. The molecule has 0 aromatic heterocycles. The molecule has 6 heteroatoms. The molecule has 0 saturated carbocycles. The van der Waals surface area contributed by atoms with Crippen LogP contribution in [0.3, 0.4) is 0 Å². The molecule has 1 N–H and O–H groups in total. The van der Waals surface area contributed by atoms with Crippen LogP contribution in [0.1, 0.15) is 19.3 Å². The van der Waals surface area contributed by atoms with Crippen molar-refractivity contribution < 1.29 is 14.3 Å². The van der Waals surface area contributed by atoms with E-state index in [9.17, 15) is 9.59 Å². The summed E-state index contributed by atoms with van der Waals surface area (Å²) >= 11 is 0. The van der Waals surface area contributed by atoms with Crippen LogP contribution in [-0.2, 0) is 14.3 Å². The molecular weight excluding hydrogens is 296 g/mol. The van der Waals surface area contributed by atoms with Crippen molar-refractivity contribution in [3.63, 3.8) is 0 Å². The van der Waals surface area contributed by atoms with E-state index in [0.29, 0.717) is 26.1 Å². The van der Waals surface area contributed by atoms with Crippen molar-refractivity contribution in [2.24, 2.45) is 0 Å². The van der Waals surface area contributed by atoms with E-state index in [1.807, 2.05) is 0 Å².